The molecule has 2 aromatic carbocycles. The molecular formula is C12H4Br2IN3O2. The molecule has 3 rings (SSSR count). The second kappa shape index (κ2) is 5.44. The molecule has 0 N–H and O–H groups in total. The largest absolute Gasteiger partial charge is 0.449 e. The van der Waals surface area contributed by atoms with E-state index in [-0.39, 0.29) is 0 Å². The molecule has 0 saturated carbocycles. The quantitative estimate of drug-likeness (QED) is 0.160. The predicted octanol–water partition coefficient (Wildman–Crippen LogP) is 6.66. The van der Waals surface area contributed by atoms with Crippen LogP contribution in [0.1, 0.15) is 0 Å². The van der Waals surface area contributed by atoms with Crippen molar-refractivity contribution in [3.05, 3.63) is 47.2 Å². The molecule has 8 heteroatoms. The summed E-state index contributed by atoms with van der Waals surface area (Å²) in [5.41, 5.74) is 9.05. The average molecular weight is 507 g/mol. The molecule has 1 aliphatic heterocycles. The maximum absolute atomic E-state index is 8.54. The number of azide groups is 1. The number of rotatable bonds is 1. The zero-order chi connectivity index (χ0) is 14.3. The Kier molecular flexibility index (Phi) is 3.80. The molecule has 0 aromatic heterocycles. The van der Waals surface area contributed by atoms with E-state index >= 15 is 0 Å². The van der Waals surface area contributed by atoms with Crippen molar-refractivity contribution in [2.75, 3.05) is 0 Å². The number of nitrogens with zero attached hydrogens (tertiary/aromatic N) is 3. The number of hydrogen-bond acceptors (Lipinski definition) is 3. The van der Waals surface area contributed by atoms with Crippen LogP contribution in [0, 0.1) is 3.57 Å². The maximum atomic E-state index is 8.54. The van der Waals surface area contributed by atoms with Crippen molar-refractivity contribution in [2.45, 2.75) is 0 Å². The van der Waals surface area contributed by atoms with E-state index in [1.807, 2.05) is 12.1 Å². The minimum absolute atomic E-state index is 0.509. The fraction of sp³-hybridized carbons (Fsp3) is 0. The van der Waals surface area contributed by atoms with Gasteiger partial charge in [-0.1, -0.05) is 5.11 Å². The summed E-state index contributed by atoms with van der Waals surface area (Å²) in [5, 5.41) is 3.62. The standard InChI is InChI=1S/C12H4Br2IN3O2/c13-5-1-9-10(2-6(5)14)20-12-4-8(17-18-16)7(15)3-11(12)19-9/h1-4H/i15-2. The smallest absolute Gasteiger partial charge is 0.171 e. The monoisotopic (exact) mass is 505 g/mol. The highest BCUT2D eigenvalue weighted by molar-refractivity contribution is 14.1. The van der Waals surface area contributed by atoms with Gasteiger partial charge in [0.05, 0.1) is 5.69 Å². The lowest BCUT2D eigenvalue weighted by molar-refractivity contribution is 0.359. The Balaban J connectivity index is 2.10. The van der Waals surface area contributed by atoms with Crippen LogP contribution in [0.15, 0.2) is 38.3 Å². The molecule has 0 spiro atoms. The molecule has 0 aliphatic carbocycles. The molecule has 2 aromatic rings. The minimum atomic E-state index is 0.509. The third-order valence-corrected chi connectivity index (χ3v) is 5.30. The van der Waals surface area contributed by atoms with Gasteiger partial charge in [0.25, 0.3) is 0 Å². The fourth-order valence-corrected chi connectivity index (χ4v) is 2.91. The molecule has 1 heterocycles. The highest BCUT2D eigenvalue weighted by Crippen LogP contribution is 2.49. The fourth-order valence-electron chi connectivity index (χ4n) is 1.72. The van der Waals surface area contributed by atoms with Gasteiger partial charge in [0, 0.05) is 29.6 Å². The van der Waals surface area contributed by atoms with Gasteiger partial charge in [-0.25, -0.2) is 0 Å². The van der Waals surface area contributed by atoms with Crippen molar-refractivity contribution >= 4 is 60.1 Å². The Morgan fingerprint density at radius 3 is 2.00 bits per heavy atom. The summed E-state index contributed by atoms with van der Waals surface area (Å²) in [7, 11) is 0. The van der Waals surface area contributed by atoms with Crippen molar-refractivity contribution in [3.63, 3.8) is 0 Å². The number of halogens is 3. The normalized spacial score (nSPS) is 11.6. The number of fused-ring (bicyclic) bond motifs is 2. The number of benzene rings is 2. The zero-order valence-corrected chi connectivity index (χ0v) is 14.9. The molecule has 0 atom stereocenters. The molecule has 100 valence electrons. The van der Waals surface area contributed by atoms with E-state index in [0.717, 1.165) is 12.5 Å². The van der Waals surface area contributed by atoms with Crippen LogP contribution in [0.25, 0.3) is 10.4 Å². The van der Waals surface area contributed by atoms with E-state index in [2.05, 4.69) is 64.5 Å². The maximum Gasteiger partial charge on any atom is 0.171 e. The van der Waals surface area contributed by atoms with E-state index in [0.29, 0.717) is 28.7 Å². The summed E-state index contributed by atoms with van der Waals surface area (Å²) in [5.74, 6) is 2.34. The van der Waals surface area contributed by atoms with Crippen molar-refractivity contribution < 1.29 is 9.47 Å². The van der Waals surface area contributed by atoms with E-state index in [9.17, 15) is 0 Å². The first-order valence-electron chi connectivity index (χ1n) is 5.32. The summed E-state index contributed by atoms with van der Waals surface area (Å²) in [6, 6.07) is 7.08. The van der Waals surface area contributed by atoms with Crippen LogP contribution >= 0.6 is 54.5 Å². The van der Waals surface area contributed by atoms with Gasteiger partial charge in [0.1, 0.15) is 0 Å². The second-order valence-electron chi connectivity index (χ2n) is 3.86. The molecule has 0 fully saturated rings. The van der Waals surface area contributed by atoms with Gasteiger partial charge in [0.15, 0.2) is 23.0 Å². The molecule has 0 unspecified atom stereocenters. The predicted molar refractivity (Wildman–Crippen MR) is 90.0 cm³/mol. The Hall–Kier alpha value is -0.960. The molecule has 5 nitrogen and oxygen atoms in total. The van der Waals surface area contributed by atoms with Crippen molar-refractivity contribution in [1.29, 1.82) is 0 Å². The van der Waals surface area contributed by atoms with Crippen LogP contribution in [0.4, 0.5) is 5.69 Å². The Labute approximate surface area is 144 Å². The summed E-state index contributed by atoms with van der Waals surface area (Å²) in [4.78, 5) is 2.80. The van der Waals surface area contributed by atoms with Crippen LogP contribution in [0.2, 0.25) is 0 Å². The summed E-state index contributed by atoms with van der Waals surface area (Å²) < 4.78 is 14.1. The Bertz CT molecular complexity index is 776. The summed E-state index contributed by atoms with van der Waals surface area (Å²) in [6.07, 6.45) is 0. The minimum Gasteiger partial charge on any atom is -0.449 e. The first-order valence-corrected chi connectivity index (χ1v) is 7.98. The lowest BCUT2D eigenvalue weighted by atomic mass is 10.2. The highest BCUT2D eigenvalue weighted by Gasteiger charge is 2.21. The third kappa shape index (κ3) is 2.48. The van der Waals surface area contributed by atoms with E-state index in [4.69, 9.17) is 15.0 Å². The topological polar surface area (TPSA) is 67.2 Å². The molecule has 0 saturated heterocycles. The van der Waals surface area contributed by atoms with Crippen LogP contribution in [-0.4, -0.2) is 0 Å². The Morgan fingerprint density at radius 2 is 1.45 bits per heavy atom. The van der Waals surface area contributed by atoms with Gasteiger partial charge in [-0.15, -0.1) is 0 Å². The lowest BCUT2D eigenvalue weighted by Gasteiger charge is -2.21. The first-order chi connectivity index (χ1) is 9.58. The van der Waals surface area contributed by atoms with E-state index < -0.39 is 0 Å². The first kappa shape index (κ1) is 14.0. The van der Waals surface area contributed by atoms with E-state index in [1.165, 1.54) is 0 Å². The zero-order valence-electron chi connectivity index (χ0n) is 9.60. The van der Waals surface area contributed by atoms with E-state index in [1.54, 1.807) is 12.1 Å². The highest BCUT2D eigenvalue weighted by atomic mass is 125. The van der Waals surface area contributed by atoms with Crippen molar-refractivity contribution in [1.82, 2.24) is 0 Å². The van der Waals surface area contributed by atoms with Crippen LogP contribution in [0.5, 0.6) is 23.0 Å². The average Bonchev–Trinajstić information content (AvgIpc) is 2.40. The lowest BCUT2D eigenvalue weighted by Crippen LogP contribution is -1.99. The van der Waals surface area contributed by atoms with Gasteiger partial charge >= 0.3 is 0 Å². The third-order valence-electron chi connectivity index (χ3n) is 2.59. The molecule has 0 amide bonds. The summed E-state index contributed by atoms with van der Waals surface area (Å²) in [6.45, 7) is 0. The molecule has 0 radical (unpaired) electrons. The van der Waals surface area contributed by atoms with Crippen LogP contribution in [-0.2, 0) is 0 Å². The van der Waals surface area contributed by atoms with Crippen molar-refractivity contribution in [3.8, 4) is 23.0 Å². The van der Waals surface area contributed by atoms with Gasteiger partial charge in [-0.05, 0) is 72.1 Å². The van der Waals surface area contributed by atoms with Crippen LogP contribution < -0.4 is 9.47 Å². The SMILES string of the molecule is [N-]=[N+]=Nc1cc2c(cc1[125I])Oc1cc(Br)c(Br)cc1O2. The second-order valence-corrected chi connectivity index (χ2v) is 6.73. The molecule has 0 bridgehead atoms. The summed E-state index contributed by atoms with van der Waals surface area (Å²) >= 11 is 8.92. The van der Waals surface area contributed by atoms with Gasteiger partial charge in [0.2, 0.25) is 0 Å². The number of hydrogen-bond donors (Lipinski definition) is 0. The van der Waals surface area contributed by atoms with Gasteiger partial charge < -0.3 is 9.47 Å². The van der Waals surface area contributed by atoms with Gasteiger partial charge in [-0.3, -0.25) is 0 Å². The molecule has 1 aliphatic rings. The molecular weight excluding hydrogens is 503 g/mol. The Morgan fingerprint density at radius 1 is 0.950 bits per heavy atom. The molecule has 20 heavy (non-hydrogen) atoms. The van der Waals surface area contributed by atoms with Crippen LogP contribution in [0.3, 0.4) is 0 Å². The van der Waals surface area contributed by atoms with Crippen molar-refractivity contribution in [2.24, 2.45) is 5.11 Å². The number of ether oxygens (including phenoxy) is 2. The van der Waals surface area contributed by atoms with Gasteiger partial charge in [-0.2, -0.15) is 0 Å².